The van der Waals surface area contributed by atoms with Crippen molar-refractivity contribution in [3.05, 3.63) is 69.9 Å². The van der Waals surface area contributed by atoms with E-state index in [1.54, 1.807) is 0 Å². The van der Waals surface area contributed by atoms with Gasteiger partial charge in [-0.05, 0) is 56.0 Å². The molecule has 0 N–H and O–H groups in total. The lowest BCUT2D eigenvalue weighted by molar-refractivity contribution is -0.652. The van der Waals surface area contributed by atoms with Gasteiger partial charge in [-0.3, -0.25) is 9.69 Å². The van der Waals surface area contributed by atoms with Crippen LogP contribution in [0, 0.1) is 0 Å². The first kappa shape index (κ1) is 23.6. The van der Waals surface area contributed by atoms with Crippen LogP contribution in [0.25, 0.3) is 17.2 Å². The SMILES string of the molecule is CCCN1C(=O)C12CCCC[N+]21C(=CC(C)=Cc2oc3ccc(Cl)cc3[n+]2C)Oc2ccc(Cl)cc21. The predicted octanol–water partition coefficient (Wildman–Crippen LogP) is 6.34. The molecule has 2 aromatic carbocycles. The number of hydrogen-bond donors (Lipinski definition) is 0. The van der Waals surface area contributed by atoms with Gasteiger partial charge in [0.1, 0.15) is 7.05 Å². The Balaban J connectivity index is 1.49. The highest BCUT2D eigenvalue weighted by Gasteiger charge is 2.80. The summed E-state index contributed by atoms with van der Waals surface area (Å²) in [6.45, 7) is 5.67. The van der Waals surface area contributed by atoms with E-state index in [0.29, 0.717) is 20.4 Å². The minimum absolute atomic E-state index is 0.202. The van der Waals surface area contributed by atoms with Gasteiger partial charge in [-0.1, -0.05) is 30.1 Å². The molecule has 1 amide bonds. The predicted molar refractivity (Wildman–Crippen MR) is 141 cm³/mol. The Kier molecular flexibility index (Phi) is 5.48. The molecule has 0 aliphatic carbocycles. The van der Waals surface area contributed by atoms with Crippen LogP contribution in [0.2, 0.25) is 10.0 Å². The third kappa shape index (κ3) is 3.21. The average Bonchev–Trinajstić information content (AvgIpc) is 3.11. The summed E-state index contributed by atoms with van der Waals surface area (Å²) in [5, 5.41) is 1.31. The number of aromatic nitrogens is 1. The second-order valence-electron chi connectivity index (χ2n) is 9.96. The molecule has 186 valence electrons. The summed E-state index contributed by atoms with van der Waals surface area (Å²) in [5.74, 6) is 2.43. The maximum atomic E-state index is 13.5. The fourth-order valence-corrected chi connectivity index (χ4v) is 6.48. The number of piperidine rings is 1. The summed E-state index contributed by atoms with van der Waals surface area (Å²) in [6, 6.07) is 11.3. The number of rotatable bonds is 4. The second kappa shape index (κ2) is 8.37. The van der Waals surface area contributed by atoms with Crippen LogP contribution in [0.1, 0.15) is 45.4 Å². The number of aryl methyl sites for hydroxylation is 1. The first-order valence-electron chi connectivity index (χ1n) is 12.5. The summed E-state index contributed by atoms with van der Waals surface area (Å²) in [5.41, 5.74) is 2.99. The van der Waals surface area contributed by atoms with Gasteiger partial charge in [0.25, 0.3) is 11.2 Å². The maximum absolute atomic E-state index is 13.5. The zero-order valence-electron chi connectivity index (χ0n) is 20.7. The summed E-state index contributed by atoms with van der Waals surface area (Å²) in [4.78, 5) is 15.5. The topological polar surface area (TPSA) is 46.3 Å². The van der Waals surface area contributed by atoms with Crippen LogP contribution in [-0.4, -0.2) is 29.6 Å². The fourth-order valence-electron chi connectivity index (χ4n) is 6.15. The minimum Gasteiger partial charge on any atom is -0.406 e. The number of amides is 1. The molecule has 3 aliphatic heterocycles. The lowest BCUT2D eigenvalue weighted by Crippen LogP contribution is -2.62. The number of allylic oxidation sites excluding steroid dienone is 2. The lowest BCUT2D eigenvalue weighted by atomic mass is 9.96. The average molecular weight is 526 g/mol. The highest BCUT2D eigenvalue weighted by atomic mass is 35.5. The van der Waals surface area contributed by atoms with E-state index in [0.717, 1.165) is 72.8 Å². The van der Waals surface area contributed by atoms with E-state index in [1.807, 2.05) is 65.9 Å². The van der Waals surface area contributed by atoms with Crippen molar-refractivity contribution in [3.8, 4) is 5.75 Å². The molecular weight excluding hydrogens is 497 g/mol. The number of nitrogens with zero attached hydrogens (tertiary/aromatic N) is 3. The van der Waals surface area contributed by atoms with Crippen LogP contribution in [0.15, 0.2) is 58.3 Å². The number of oxazole rings is 1. The number of quaternary nitrogens is 1. The molecule has 2 fully saturated rings. The van der Waals surface area contributed by atoms with Crippen LogP contribution < -0.4 is 13.8 Å². The van der Waals surface area contributed by atoms with Gasteiger partial charge in [-0.25, -0.2) is 0 Å². The highest BCUT2D eigenvalue weighted by Crippen LogP contribution is 2.60. The minimum atomic E-state index is -0.628. The number of benzene rings is 2. The smallest absolute Gasteiger partial charge is 0.374 e. The van der Waals surface area contributed by atoms with Crippen molar-refractivity contribution in [1.82, 2.24) is 9.38 Å². The third-order valence-corrected chi connectivity index (χ3v) is 8.25. The normalized spacial score (nSPS) is 26.4. The molecule has 1 aromatic heterocycles. The van der Waals surface area contributed by atoms with Crippen molar-refractivity contribution in [2.45, 2.75) is 45.2 Å². The van der Waals surface area contributed by atoms with Crippen LogP contribution in [0.3, 0.4) is 0 Å². The molecule has 0 bridgehead atoms. The first-order chi connectivity index (χ1) is 17.3. The Labute approximate surface area is 220 Å². The zero-order chi connectivity index (χ0) is 25.2. The van der Waals surface area contributed by atoms with Gasteiger partial charge < -0.3 is 9.15 Å². The van der Waals surface area contributed by atoms with Crippen molar-refractivity contribution < 1.29 is 18.5 Å². The van der Waals surface area contributed by atoms with Gasteiger partial charge >= 0.3 is 17.7 Å². The molecule has 0 saturated carbocycles. The van der Waals surface area contributed by atoms with Crippen LogP contribution >= 0.6 is 23.2 Å². The molecule has 2 atom stereocenters. The van der Waals surface area contributed by atoms with E-state index in [4.69, 9.17) is 32.4 Å². The molecule has 3 aromatic rings. The Hall–Kier alpha value is -2.80. The molecule has 2 saturated heterocycles. The Morgan fingerprint density at radius 3 is 2.78 bits per heavy atom. The summed E-state index contributed by atoms with van der Waals surface area (Å²) < 4.78 is 15.0. The van der Waals surface area contributed by atoms with Gasteiger partial charge in [0, 0.05) is 41.2 Å². The Morgan fingerprint density at radius 1 is 1.19 bits per heavy atom. The second-order valence-corrected chi connectivity index (χ2v) is 10.8. The Morgan fingerprint density at radius 2 is 1.97 bits per heavy atom. The number of ether oxygens (including phenoxy) is 1. The number of hydrogen-bond acceptors (Lipinski definition) is 3. The monoisotopic (exact) mass is 525 g/mol. The first-order valence-corrected chi connectivity index (χ1v) is 13.2. The highest BCUT2D eigenvalue weighted by molar-refractivity contribution is 6.31. The van der Waals surface area contributed by atoms with E-state index in [2.05, 4.69) is 13.0 Å². The quantitative estimate of drug-likeness (QED) is 0.226. The van der Waals surface area contributed by atoms with Gasteiger partial charge in [0.15, 0.2) is 11.4 Å². The molecular formula is C28H29Cl2N3O3+2. The number of halogens is 2. The van der Waals surface area contributed by atoms with Crippen molar-refractivity contribution in [3.63, 3.8) is 0 Å². The molecule has 4 heterocycles. The Bertz CT molecular complexity index is 1480. The molecule has 3 aliphatic rings. The van der Waals surface area contributed by atoms with E-state index < -0.39 is 5.66 Å². The third-order valence-electron chi connectivity index (χ3n) is 7.78. The zero-order valence-corrected chi connectivity index (χ0v) is 22.2. The lowest BCUT2D eigenvalue weighted by Gasteiger charge is -2.41. The number of carbonyl (C=O) groups is 1. The van der Waals surface area contributed by atoms with Gasteiger partial charge in [0.05, 0.1) is 12.6 Å². The van der Waals surface area contributed by atoms with Gasteiger partial charge in [-0.15, -0.1) is 0 Å². The van der Waals surface area contributed by atoms with Gasteiger partial charge in [0.2, 0.25) is 5.58 Å². The maximum Gasteiger partial charge on any atom is 0.374 e. The largest absolute Gasteiger partial charge is 0.406 e. The van der Waals surface area contributed by atoms with Gasteiger partial charge in [-0.2, -0.15) is 9.05 Å². The molecule has 6 nitrogen and oxygen atoms in total. The van der Waals surface area contributed by atoms with Crippen LogP contribution in [-0.2, 0) is 11.8 Å². The van der Waals surface area contributed by atoms with Crippen LogP contribution in [0.5, 0.6) is 5.75 Å². The molecule has 6 rings (SSSR count). The summed E-state index contributed by atoms with van der Waals surface area (Å²) in [7, 11) is 1.96. The van der Waals surface area contributed by atoms with Crippen LogP contribution in [0.4, 0.5) is 5.69 Å². The molecule has 8 heteroatoms. The van der Waals surface area contributed by atoms with E-state index in [1.165, 1.54) is 0 Å². The van der Waals surface area contributed by atoms with E-state index in [-0.39, 0.29) is 5.91 Å². The number of fused-ring (bicyclic) bond motifs is 4. The molecule has 2 spiro atoms. The number of carbonyl (C=O) groups excluding carboxylic acids is 1. The summed E-state index contributed by atoms with van der Waals surface area (Å²) in [6.07, 6.45) is 7.79. The van der Waals surface area contributed by atoms with Crippen molar-refractivity contribution in [2.75, 3.05) is 13.1 Å². The van der Waals surface area contributed by atoms with Crippen molar-refractivity contribution in [1.29, 1.82) is 0 Å². The van der Waals surface area contributed by atoms with Crippen molar-refractivity contribution >= 4 is 52.0 Å². The molecule has 0 radical (unpaired) electrons. The standard InChI is InChI=1S/C28H29Cl2N3O3/c1-4-12-32-27(34)28(32)11-5-6-13-33(28)22-17-20(30)8-10-24(22)36-26(33)15-18(2)14-25-31(3)21-16-19(29)7-9-23(21)35-25/h7-10,14-17H,4-6,11-13H2,1-3H3/q+2. The fraction of sp³-hybridized carbons (Fsp3) is 0.357. The molecule has 2 unspecified atom stereocenters. The van der Waals surface area contributed by atoms with E-state index >= 15 is 0 Å². The molecule has 36 heavy (non-hydrogen) atoms. The van der Waals surface area contributed by atoms with Crippen molar-refractivity contribution in [2.24, 2.45) is 7.05 Å². The van der Waals surface area contributed by atoms with E-state index in [9.17, 15) is 4.79 Å². The summed E-state index contributed by atoms with van der Waals surface area (Å²) >= 11 is 12.7.